The van der Waals surface area contributed by atoms with Gasteiger partial charge in [-0.25, -0.2) is 0 Å². The molecule has 4 atom stereocenters. The lowest BCUT2D eigenvalue weighted by Gasteiger charge is -2.67. The first-order chi connectivity index (χ1) is 14.4. The van der Waals surface area contributed by atoms with Crippen molar-refractivity contribution in [2.24, 2.45) is 27.9 Å². The molecule has 30 heavy (non-hydrogen) atoms. The number of nitrogens with two attached hydrogens (primary N) is 1. The number of nitrogens with one attached hydrogen (secondary N) is 1. The minimum absolute atomic E-state index is 0.158. The van der Waals surface area contributed by atoms with E-state index in [2.05, 4.69) is 35.6 Å². The van der Waals surface area contributed by atoms with Gasteiger partial charge in [0.1, 0.15) is 0 Å². The van der Waals surface area contributed by atoms with Crippen LogP contribution in [0.25, 0.3) is 0 Å². The largest absolute Gasteiger partial charge is 0.353 e. The van der Waals surface area contributed by atoms with Gasteiger partial charge in [-0.15, -0.1) is 11.6 Å². The zero-order valence-corrected chi connectivity index (χ0v) is 18.7. The van der Waals surface area contributed by atoms with Crippen molar-refractivity contribution in [3.8, 4) is 0 Å². The van der Waals surface area contributed by atoms with E-state index in [1.54, 1.807) is 0 Å². The Bertz CT molecular complexity index is 844. The Morgan fingerprint density at radius 1 is 1.00 bits per heavy atom. The molecule has 0 heterocycles. The average Bonchev–Trinajstić information content (AvgIpc) is 2.65. The standard InChI is InChI=1S/C26H35ClN2O/c27-7-6-23-8-18-9-25(15-23,19-4-2-1-3-5-19)17-26(10-18,16-23)22(30)29-21-13-24(14-21)11-20(28)12-24/h1-5,18,20-21H,6-17,28H2,(H,29,30)/t18?,20?,21?,23-,24?,25-,26?/m1/s1. The lowest BCUT2D eigenvalue weighted by molar-refractivity contribution is -0.165. The third kappa shape index (κ3) is 2.84. The van der Waals surface area contributed by atoms with Crippen molar-refractivity contribution in [1.82, 2.24) is 5.32 Å². The molecule has 1 aromatic carbocycles. The fraction of sp³-hybridized carbons (Fsp3) is 0.731. The molecule has 1 amide bonds. The number of alkyl halides is 1. The molecule has 6 fully saturated rings. The van der Waals surface area contributed by atoms with Gasteiger partial charge < -0.3 is 11.1 Å². The van der Waals surface area contributed by atoms with Gasteiger partial charge in [0.05, 0.1) is 5.41 Å². The van der Waals surface area contributed by atoms with Gasteiger partial charge >= 0.3 is 0 Å². The van der Waals surface area contributed by atoms with E-state index in [1.807, 2.05) is 0 Å². The number of rotatable bonds is 5. The molecule has 0 saturated heterocycles. The fourth-order valence-electron chi connectivity index (χ4n) is 9.30. The predicted molar refractivity (Wildman–Crippen MR) is 120 cm³/mol. The van der Waals surface area contributed by atoms with E-state index < -0.39 is 0 Å². The van der Waals surface area contributed by atoms with Crippen molar-refractivity contribution in [2.75, 3.05) is 5.88 Å². The average molecular weight is 427 g/mol. The van der Waals surface area contributed by atoms with E-state index in [0.29, 0.717) is 35.2 Å². The maximum absolute atomic E-state index is 13.8. The number of halogens is 1. The third-order valence-corrected chi connectivity index (χ3v) is 9.95. The zero-order chi connectivity index (χ0) is 20.6. The van der Waals surface area contributed by atoms with Gasteiger partial charge in [-0.2, -0.15) is 0 Å². The fourth-order valence-corrected chi connectivity index (χ4v) is 9.70. The SMILES string of the molecule is NC1CC2(C1)CC(NC(=O)C13CC4C[C@@](CCCl)(C1)C[C@](c1ccccc1)(C4)C3)C2. The summed E-state index contributed by atoms with van der Waals surface area (Å²) in [5, 5.41) is 3.53. The summed E-state index contributed by atoms with van der Waals surface area (Å²) in [7, 11) is 0. The maximum atomic E-state index is 13.8. The Balaban J connectivity index is 1.27. The van der Waals surface area contributed by atoms with Gasteiger partial charge in [0, 0.05) is 18.0 Å². The first-order valence-corrected chi connectivity index (χ1v) is 12.6. The molecule has 1 spiro atoms. The van der Waals surface area contributed by atoms with Crippen LogP contribution in [0.15, 0.2) is 30.3 Å². The van der Waals surface area contributed by atoms with Crippen LogP contribution in [0.2, 0.25) is 0 Å². The molecule has 6 aliphatic carbocycles. The van der Waals surface area contributed by atoms with Crippen LogP contribution < -0.4 is 11.1 Å². The van der Waals surface area contributed by atoms with Crippen LogP contribution in [0.3, 0.4) is 0 Å². The molecule has 162 valence electrons. The number of hydrogen-bond donors (Lipinski definition) is 2. The van der Waals surface area contributed by atoms with Crippen molar-refractivity contribution in [2.45, 2.75) is 88.1 Å². The number of benzene rings is 1. The van der Waals surface area contributed by atoms with Crippen LogP contribution >= 0.6 is 11.6 Å². The van der Waals surface area contributed by atoms with Crippen LogP contribution in [0.1, 0.15) is 76.2 Å². The van der Waals surface area contributed by atoms with Crippen molar-refractivity contribution < 1.29 is 4.79 Å². The maximum Gasteiger partial charge on any atom is 0.226 e. The lowest BCUT2D eigenvalue weighted by atomic mass is 9.38. The number of carbonyl (C=O) groups excluding carboxylic acids is 1. The second-order valence-electron chi connectivity index (χ2n) is 12.1. The topological polar surface area (TPSA) is 55.1 Å². The van der Waals surface area contributed by atoms with E-state index in [9.17, 15) is 4.79 Å². The molecule has 4 bridgehead atoms. The molecular formula is C26H35ClN2O. The van der Waals surface area contributed by atoms with E-state index in [-0.39, 0.29) is 16.2 Å². The van der Waals surface area contributed by atoms with Crippen LogP contribution in [0, 0.1) is 22.2 Å². The van der Waals surface area contributed by atoms with Crippen molar-refractivity contribution in [3.05, 3.63) is 35.9 Å². The van der Waals surface area contributed by atoms with Crippen LogP contribution in [-0.4, -0.2) is 23.9 Å². The van der Waals surface area contributed by atoms with E-state index in [1.165, 1.54) is 24.8 Å². The number of carbonyl (C=O) groups is 1. The zero-order valence-electron chi connectivity index (χ0n) is 18.0. The Morgan fingerprint density at radius 3 is 2.47 bits per heavy atom. The second kappa shape index (κ2) is 6.48. The first-order valence-electron chi connectivity index (χ1n) is 12.1. The second-order valence-corrected chi connectivity index (χ2v) is 12.5. The molecule has 0 aliphatic heterocycles. The van der Waals surface area contributed by atoms with Gasteiger partial charge in [-0.3, -0.25) is 4.79 Å². The Hall–Kier alpha value is -1.06. The summed E-state index contributed by atoms with van der Waals surface area (Å²) < 4.78 is 0. The highest BCUT2D eigenvalue weighted by atomic mass is 35.5. The van der Waals surface area contributed by atoms with Crippen LogP contribution in [0.5, 0.6) is 0 Å². The van der Waals surface area contributed by atoms with Crippen LogP contribution in [-0.2, 0) is 10.2 Å². The Morgan fingerprint density at radius 2 is 1.77 bits per heavy atom. The van der Waals surface area contributed by atoms with E-state index in [4.69, 9.17) is 17.3 Å². The third-order valence-electron chi connectivity index (χ3n) is 9.76. The van der Waals surface area contributed by atoms with Gasteiger partial charge in [-0.1, -0.05) is 30.3 Å². The minimum atomic E-state index is -0.194. The van der Waals surface area contributed by atoms with Gasteiger partial charge in [0.25, 0.3) is 0 Å². The summed E-state index contributed by atoms with van der Waals surface area (Å²) in [4.78, 5) is 13.8. The number of hydrogen-bond acceptors (Lipinski definition) is 2. The summed E-state index contributed by atoms with van der Waals surface area (Å²) in [6, 6.07) is 11.8. The van der Waals surface area contributed by atoms with Crippen LogP contribution in [0.4, 0.5) is 0 Å². The minimum Gasteiger partial charge on any atom is -0.353 e. The number of amides is 1. The molecule has 0 radical (unpaired) electrons. The Labute approximate surface area is 185 Å². The summed E-state index contributed by atoms with van der Waals surface area (Å²) in [5.74, 6) is 1.72. The van der Waals surface area contributed by atoms with Gasteiger partial charge in [0.2, 0.25) is 5.91 Å². The molecule has 0 aromatic heterocycles. The molecule has 6 saturated carbocycles. The molecule has 4 heteroatoms. The predicted octanol–water partition coefficient (Wildman–Crippen LogP) is 4.91. The van der Waals surface area contributed by atoms with Crippen molar-refractivity contribution in [1.29, 1.82) is 0 Å². The summed E-state index contributed by atoms with van der Waals surface area (Å²) in [5.41, 5.74) is 8.15. The quantitative estimate of drug-likeness (QED) is 0.657. The summed E-state index contributed by atoms with van der Waals surface area (Å²) in [6.07, 6.45) is 12.5. The van der Waals surface area contributed by atoms with E-state index in [0.717, 1.165) is 51.4 Å². The highest BCUT2D eigenvalue weighted by Gasteiger charge is 2.66. The summed E-state index contributed by atoms with van der Waals surface area (Å²) in [6.45, 7) is 0. The molecule has 2 unspecified atom stereocenters. The first kappa shape index (κ1) is 19.6. The van der Waals surface area contributed by atoms with E-state index >= 15 is 0 Å². The Kier molecular flexibility index (Phi) is 4.24. The molecule has 3 N–H and O–H groups in total. The molecule has 1 aromatic rings. The summed E-state index contributed by atoms with van der Waals surface area (Å²) >= 11 is 6.32. The monoisotopic (exact) mass is 426 g/mol. The molecular weight excluding hydrogens is 392 g/mol. The highest BCUT2D eigenvalue weighted by molar-refractivity contribution is 6.17. The van der Waals surface area contributed by atoms with Gasteiger partial charge in [-0.05, 0) is 98.4 Å². The smallest absolute Gasteiger partial charge is 0.226 e. The molecule has 6 aliphatic rings. The molecule has 3 nitrogen and oxygen atoms in total. The highest BCUT2D eigenvalue weighted by Crippen LogP contribution is 2.71. The normalized spacial score (nSPS) is 48.3. The van der Waals surface area contributed by atoms with Crippen molar-refractivity contribution >= 4 is 17.5 Å². The van der Waals surface area contributed by atoms with Gasteiger partial charge in [0.15, 0.2) is 0 Å². The molecule has 7 rings (SSSR count). The van der Waals surface area contributed by atoms with Crippen molar-refractivity contribution in [3.63, 3.8) is 0 Å². The lowest BCUT2D eigenvalue weighted by Crippen LogP contribution is -2.65.